The maximum Gasteiger partial charge on any atom is 0.265 e. The third-order valence-corrected chi connectivity index (χ3v) is 7.33. The molecule has 35 heavy (non-hydrogen) atoms. The normalized spacial score (nSPS) is 11.9. The van der Waals surface area contributed by atoms with Gasteiger partial charge in [0.15, 0.2) is 12.4 Å². The number of hydrogen-bond acceptors (Lipinski definition) is 6. The lowest BCUT2D eigenvalue weighted by Gasteiger charge is -2.10. The number of benzene rings is 2. The van der Waals surface area contributed by atoms with Crippen LogP contribution in [0.25, 0.3) is 21.8 Å². The smallest absolute Gasteiger partial charge is 0.265 e. The van der Waals surface area contributed by atoms with E-state index in [1.165, 1.54) is 16.5 Å². The quantitative estimate of drug-likeness (QED) is 0.0736. The minimum Gasteiger partial charge on any atom is -0.286 e. The first kappa shape index (κ1) is 25.5. The standard InChI is InChI=1S/C25H26N2O6S2/c28-32-33-34-17-5-13-26-15-11-20(22-7-1-3-9-24(22)26)19-21-12-16-27(14-6-18-35(29,30)31)25-10-4-2-8-23(21)25/h1-4,7-12,15-16H,5-6,13-14,17-19H2/p+2. The number of aryl methyl sites for hydroxylation is 2. The van der Waals surface area contributed by atoms with Crippen molar-refractivity contribution < 1.29 is 36.7 Å². The summed E-state index contributed by atoms with van der Waals surface area (Å²) in [6, 6.07) is 20.7. The van der Waals surface area contributed by atoms with Crippen molar-refractivity contribution in [1.82, 2.24) is 0 Å². The van der Waals surface area contributed by atoms with E-state index < -0.39 is 10.1 Å². The molecule has 0 aliphatic rings. The van der Waals surface area contributed by atoms with Crippen molar-refractivity contribution in [2.24, 2.45) is 0 Å². The molecule has 184 valence electrons. The molecule has 0 saturated carbocycles. The van der Waals surface area contributed by atoms with Gasteiger partial charge in [-0.15, -0.1) is 4.33 Å². The Balaban J connectivity index is 1.59. The van der Waals surface area contributed by atoms with Crippen molar-refractivity contribution in [2.75, 3.05) is 11.5 Å². The van der Waals surface area contributed by atoms with Gasteiger partial charge in [0.1, 0.15) is 13.1 Å². The second kappa shape index (κ2) is 11.9. The van der Waals surface area contributed by atoms with Crippen LogP contribution in [-0.2, 0) is 39.0 Å². The monoisotopic (exact) mass is 516 g/mol. The molecule has 0 fully saturated rings. The van der Waals surface area contributed by atoms with Gasteiger partial charge in [-0.1, -0.05) is 29.3 Å². The molecule has 4 rings (SSSR count). The summed E-state index contributed by atoms with van der Waals surface area (Å²) in [7, 11) is -3.97. The third kappa shape index (κ3) is 6.75. The summed E-state index contributed by atoms with van der Waals surface area (Å²) in [6.45, 7) is 1.31. The van der Waals surface area contributed by atoms with E-state index in [9.17, 15) is 8.42 Å². The molecular formula is C25H28N2O6S2+2. The number of hydrogen-bond donors (Lipinski definition) is 2. The molecule has 2 heterocycles. The van der Waals surface area contributed by atoms with Gasteiger partial charge >= 0.3 is 0 Å². The highest BCUT2D eigenvalue weighted by Gasteiger charge is 2.17. The molecule has 0 aliphatic heterocycles. The van der Waals surface area contributed by atoms with Crippen LogP contribution in [0, 0.1) is 0 Å². The predicted molar refractivity (Wildman–Crippen MR) is 134 cm³/mol. The summed E-state index contributed by atoms with van der Waals surface area (Å²) in [5, 5.41) is 14.2. The number of fused-ring (bicyclic) bond motifs is 2. The lowest BCUT2D eigenvalue weighted by molar-refractivity contribution is -0.671. The fraction of sp³-hybridized carbons (Fsp3) is 0.280. The van der Waals surface area contributed by atoms with Crippen LogP contribution >= 0.6 is 12.0 Å². The highest BCUT2D eigenvalue weighted by Crippen LogP contribution is 2.23. The van der Waals surface area contributed by atoms with E-state index in [0.717, 1.165) is 47.8 Å². The molecule has 0 bridgehead atoms. The molecule has 10 heteroatoms. The van der Waals surface area contributed by atoms with E-state index in [2.05, 4.69) is 50.5 Å². The molecule has 0 spiro atoms. The zero-order chi connectivity index (χ0) is 24.7. The van der Waals surface area contributed by atoms with Crippen LogP contribution in [0.5, 0.6) is 0 Å². The summed E-state index contributed by atoms with van der Waals surface area (Å²) in [6.07, 6.45) is 6.04. The number of rotatable bonds is 12. The Morgan fingerprint density at radius 3 is 1.89 bits per heavy atom. The molecule has 8 nitrogen and oxygen atoms in total. The summed E-state index contributed by atoms with van der Waals surface area (Å²) in [4.78, 5) is 0. The van der Waals surface area contributed by atoms with Crippen LogP contribution < -0.4 is 9.13 Å². The number of nitrogens with zero attached hydrogens (tertiary/aromatic N) is 2. The van der Waals surface area contributed by atoms with E-state index in [-0.39, 0.29) is 5.75 Å². The van der Waals surface area contributed by atoms with Gasteiger partial charge in [-0.05, 0) is 29.7 Å². The molecule has 0 aliphatic carbocycles. The highest BCUT2D eigenvalue weighted by atomic mass is 32.2. The van der Waals surface area contributed by atoms with Gasteiger partial charge in [0, 0.05) is 65.7 Å². The maximum absolute atomic E-state index is 11.1. The summed E-state index contributed by atoms with van der Waals surface area (Å²) >= 11 is 1.06. The summed E-state index contributed by atoms with van der Waals surface area (Å²) in [5.74, 6) is 0.427. The van der Waals surface area contributed by atoms with Gasteiger partial charge in [-0.3, -0.25) is 4.55 Å². The van der Waals surface area contributed by atoms with Gasteiger partial charge in [-0.25, -0.2) is 5.26 Å². The van der Waals surface area contributed by atoms with E-state index in [1.54, 1.807) is 0 Å². The number of pyridine rings is 2. The van der Waals surface area contributed by atoms with E-state index in [1.807, 2.05) is 41.1 Å². The van der Waals surface area contributed by atoms with Crippen molar-refractivity contribution in [3.05, 3.63) is 84.2 Å². The largest absolute Gasteiger partial charge is 0.286 e. The molecule has 0 unspecified atom stereocenters. The maximum atomic E-state index is 11.1. The Kier molecular flexibility index (Phi) is 8.66. The first-order chi connectivity index (χ1) is 17.0. The topological polar surface area (TPSA) is 101 Å². The molecule has 0 atom stereocenters. The van der Waals surface area contributed by atoms with Gasteiger partial charge in [0.2, 0.25) is 11.0 Å². The second-order valence-corrected chi connectivity index (χ2v) is 10.6. The van der Waals surface area contributed by atoms with E-state index in [0.29, 0.717) is 18.7 Å². The SMILES string of the molecule is O=S(=O)(O)CCC[n+]1ccc(Cc2cc[n+](CCCSOOO)c3ccccc23)c2ccccc21. The molecule has 0 saturated heterocycles. The molecule has 4 aromatic rings. The van der Waals surface area contributed by atoms with Gasteiger partial charge < -0.3 is 0 Å². The Hall–Kier alpha value is -2.60. The van der Waals surface area contributed by atoms with Crippen LogP contribution in [0.1, 0.15) is 24.0 Å². The minimum atomic E-state index is -3.97. The van der Waals surface area contributed by atoms with Crippen LogP contribution in [0.15, 0.2) is 73.1 Å². The fourth-order valence-corrected chi connectivity index (χ4v) is 5.21. The number of para-hydroxylation sites is 2. The average Bonchev–Trinajstić information content (AvgIpc) is 2.85. The molecule has 2 N–H and O–H groups in total. The predicted octanol–water partition coefficient (Wildman–Crippen LogP) is 3.90. The number of aromatic nitrogens is 2. The fourth-order valence-electron chi connectivity index (χ4n) is 4.36. The van der Waals surface area contributed by atoms with Crippen LogP contribution in [-0.4, -0.2) is 29.7 Å². The zero-order valence-corrected chi connectivity index (χ0v) is 20.7. The van der Waals surface area contributed by atoms with Crippen LogP contribution in [0.3, 0.4) is 0 Å². The van der Waals surface area contributed by atoms with Crippen molar-refractivity contribution in [3.8, 4) is 0 Å². The Morgan fingerprint density at radius 1 is 0.800 bits per heavy atom. The van der Waals surface area contributed by atoms with Gasteiger partial charge in [0.25, 0.3) is 10.1 Å². The summed E-state index contributed by atoms with van der Waals surface area (Å²) in [5.41, 5.74) is 4.58. The molecule has 0 amide bonds. The first-order valence-corrected chi connectivity index (χ1v) is 13.8. The van der Waals surface area contributed by atoms with Crippen molar-refractivity contribution >= 4 is 44.0 Å². The Morgan fingerprint density at radius 2 is 1.34 bits per heavy atom. The van der Waals surface area contributed by atoms with Crippen molar-refractivity contribution in [3.63, 3.8) is 0 Å². The van der Waals surface area contributed by atoms with Crippen molar-refractivity contribution in [2.45, 2.75) is 32.4 Å². The first-order valence-electron chi connectivity index (χ1n) is 11.3. The van der Waals surface area contributed by atoms with Crippen LogP contribution in [0.4, 0.5) is 0 Å². The second-order valence-electron chi connectivity index (χ2n) is 8.24. The molecule has 2 aromatic heterocycles. The Bertz CT molecular complexity index is 1410. The molecule has 0 radical (unpaired) electrons. The molecular weight excluding hydrogens is 488 g/mol. The third-order valence-electron chi connectivity index (χ3n) is 5.92. The van der Waals surface area contributed by atoms with E-state index >= 15 is 0 Å². The lowest BCUT2D eigenvalue weighted by atomic mass is 9.98. The summed E-state index contributed by atoms with van der Waals surface area (Å²) < 4.78 is 39.9. The Labute approximate surface area is 208 Å². The van der Waals surface area contributed by atoms with Gasteiger partial charge in [-0.2, -0.15) is 17.6 Å². The lowest BCUT2D eigenvalue weighted by Crippen LogP contribution is -2.35. The average molecular weight is 517 g/mol. The zero-order valence-electron chi connectivity index (χ0n) is 19.1. The van der Waals surface area contributed by atoms with Crippen LogP contribution in [0.2, 0.25) is 0 Å². The molecule has 2 aromatic carbocycles. The van der Waals surface area contributed by atoms with Gasteiger partial charge in [0.05, 0.1) is 5.75 Å². The minimum absolute atomic E-state index is 0.257. The van der Waals surface area contributed by atoms with E-state index in [4.69, 9.17) is 9.81 Å². The highest BCUT2D eigenvalue weighted by molar-refractivity contribution is 7.94. The van der Waals surface area contributed by atoms with Crippen molar-refractivity contribution in [1.29, 1.82) is 0 Å².